The SMILES string of the molecule is CC(=O)NC(C)(C)CC(C)N1CC(c2ccncc2)C1. The van der Waals surface area contributed by atoms with Gasteiger partial charge in [0, 0.05) is 49.9 Å². The van der Waals surface area contributed by atoms with E-state index in [0.717, 1.165) is 19.5 Å². The van der Waals surface area contributed by atoms with E-state index in [9.17, 15) is 4.79 Å². The van der Waals surface area contributed by atoms with E-state index in [4.69, 9.17) is 0 Å². The number of carbonyl (C=O) groups excluding carboxylic acids is 1. The lowest BCUT2D eigenvalue weighted by Gasteiger charge is -2.45. The fourth-order valence-corrected chi connectivity index (χ4v) is 3.11. The van der Waals surface area contributed by atoms with Crippen molar-refractivity contribution >= 4 is 5.91 Å². The number of hydrogen-bond acceptors (Lipinski definition) is 3. The zero-order valence-electron chi connectivity index (χ0n) is 12.9. The second kappa shape index (κ2) is 5.92. The molecule has 4 heteroatoms. The van der Waals surface area contributed by atoms with Crippen molar-refractivity contribution in [1.82, 2.24) is 15.2 Å². The van der Waals surface area contributed by atoms with Gasteiger partial charge in [-0.25, -0.2) is 0 Å². The molecule has 1 aliphatic heterocycles. The lowest BCUT2D eigenvalue weighted by molar-refractivity contribution is -0.120. The summed E-state index contributed by atoms with van der Waals surface area (Å²) in [5, 5.41) is 3.02. The number of hydrogen-bond donors (Lipinski definition) is 1. The van der Waals surface area contributed by atoms with Gasteiger partial charge >= 0.3 is 0 Å². The standard InChI is InChI=1S/C16H25N3O/c1-12(9-16(3,4)18-13(2)20)19-10-15(11-19)14-5-7-17-8-6-14/h5-8,12,15H,9-11H2,1-4H3,(H,18,20). The Balaban J connectivity index is 1.82. The Morgan fingerprint density at radius 3 is 2.60 bits per heavy atom. The predicted octanol–water partition coefficient (Wildman–Crippen LogP) is 2.17. The third-order valence-corrected chi connectivity index (χ3v) is 4.03. The van der Waals surface area contributed by atoms with Crippen molar-refractivity contribution in [1.29, 1.82) is 0 Å². The molecule has 0 bridgehead atoms. The Morgan fingerprint density at radius 2 is 2.05 bits per heavy atom. The average molecular weight is 275 g/mol. The normalized spacial score (nSPS) is 18.4. The molecule has 20 heavy (non-hydrogen) atoms. The van der Waals surface area contributed by atoms with E-state index in [2.05, 4.69) is 48.1 Å². The molecule has 4 nitrogen and oxygen atoms in total. The number of amides is 1. The minimum absolute atomic E-state index is 0.0421. The molecule has 2 rings (SSSR count). The van der Waals surface area contributed by atoms with Crippen LogP contribution in [0.1, 0.15) is 45.6 Å². The fraction of sp³-hybridized carbons (Fsp3) is 0.625. The molecule has 0 radical (unpaired) electrons. The van der Waals surface area contributed by atoms with Gasteiger partial charge in [-0.1, -0.05) is 0 Å². The van der Waals surface area contributed by atoms with Crippen LogP contribution < -0.4 is 5.32 Å². The quantitative estimate of drug-likeness (QED) is 0.896. The molecule has 1 amide bonds. The Bertz CT molecular complexity index is 452. The summed E-state index contributed by atoms with van der Waals surface area (Å²) in [6.45, 7) is 10.2. The van der Waals surface area contributed by atoms with E-state index in [0.29, 0.717) is 12.0 Å². The molecule has 1 saturated heterocycles. The molecule has 0 aliphatic carbocycles. The largest absolute Gasteiger partial charge is 0.351 e. The van der Waals surface area contributed by atoms with Gasteiger partial charge in [-0.05, 0) is 44.9 Å². The number of nitrogens with one attached hydrogen (secondary N) is 1. The van der Waals surface area contributed by atoms with Crippen molar-refractivity contribution in [2.45, 2.75) is 51.6 Å². The van der Waals surface area contributed by atoms with Crippen LogP contribution in [0.5, 0.6) is 0 Å². The number of rotatable bonds is 5. The summed E-state index contributed by atoms with van der Waals surface area (Å²) >= 11 is 0. The lowest BCUT2D eigenvalue weighted by atomic mass is 9.87. The van der Waals surface area contributed by atoms with Gasteiger partial charge < -0.3 is 5.32 Å². The summed E-state index contributed by atoms with van der Waals surface area (Å²) in [7, 11) is 0. The van der Waals surface area contributed by atoms with Crippen LogP contribution in [0.2, 0.25) is 0 Å². The average Bonchev–Trinajstić information content (AvgIpc) is 2.25. The molecule has 0 spiro atoms. The van der Waals surface area contributed by atoms with Crippen LogP contribution in [0.3, 0.4) is 0 Å². The maximum Gasteiger partial charge on any atom is 0.217 e. The Labute approximate surface area is 121 Å². The summed E-state index contributed by atoms with van der Waals surface area (Å²) in [6, 6.07) is 4.69. The van der Waals surface area contributed by atoms with Crippen LogP contribution in [-0.4, -0.2) is 40.5 Å². The highest BCUT2D eigenvalue weighted by atomic mass is 16.1. The van der Waals surface area contributed by atoms with Gasteiger partial charge in [-0.15, -0.1) is 0 Å². The number of carbonyl (C=O) groups is 1. The van der Waals surface area contributed by atoms with Crippen LogP contribution in [-0.2, 0) is 4.79 Å². The molecule has 1 aliphatic rings. The first kappa shape index (κ1) is 15.0. The maximum absolute atomic E-state index is 11.2. The van der Waals surface area contributed by atoms with Crippen molar-refractivity contribution in [2.75, 3.05) is 13.1 Å². The van der Waals surface area contributed by atoms with E-state index < -0.39 is 0 Å². The summed E-state index contributed by atoms with van der Waals surface area (Å²) in [5.74, 6) is 0.671. The first-order chi connectivity index (χ1) is 9.37. The molecule has 0 saturated carbocycles. The highest BCUT2D eigenvalue weighted by molar-refractivity contribution is 5.73. The Kier molecular flexibility index (Phi) is 4.43. The molecule has 110 valence electrons. The Hall–Kier alpha value is -1.42. The molecule has 0 aromatic carbocycles. The number of aromatic nitrogens is 1. The van der Waals surface area contributed by atoms with Crippen molar-refractivity contribution in [3.05, 3.63) is 30.1 Å². The molecular weight excluding hydrogens is 250 g/mol. The van der Waals surface area contributed by atoms with Crippen LogP contribution in [0.4, 0.5) is 0 Å². The third-order valence-electron chi connectivity index (χ3n) is 4.03. The number of nitrogens with zero attached hydrogens (tertiary/aromatic N) is 2. The lowest BCUT2D eigenvalue weighted by Crippen LogP contribution is -2.54. The zero-order valence-corrected chi connectivity index (χ0v) is 12.9. The maximum atomic E-state index is 11.2. The molecule has 2 heterocycles. The van der Waals surface area contributed by atoms with Gasteiger partial charge in [0.15, 0.2) is 0 Å². The van der Waals surface area contributed by atoms with Crippen molar-refractivity contribution in [3.8, 4) is 0 Å². The van der Waals surface area contributed by atoms with Gasteiger partial charge in [0.2, 0.25) is 5.91 Å². The van der Waals surface area contributed by atoms with E-state index >= 15 is 0 Å². The van der Waals surface area contributed by atoms with Crippen molar-refractivity contribution in [2.24, 2.45) is 0 Å². The van der Waals surface area contributed by atoms with Gasteiger partial charge in [-0.3, -0.25) is 14.7 Å². The first-order valence-corrected chi connectivity index (χ1v) is 7.30. The monoisotopic (exact) mass is 275 g/mol. The second-order valence-corrected chi connectivity index (χ2v) is 6.55. The zero-order chi connectivity index (χ0) is 14.8. The summed E-state index contributed by atoms with van der Waals surface area (Å²) in [6.07, 6.45) is 4.69. The van der Waals surface area contributed by atoms with E-state index in [1.165, 1.54) is 5.56 Å². The van der Waals surface area contributed by atoms with Crippen molar-refractivity contribution < 1.29 is 4.79 Å². The molecular formula is C16H25N3O. The van der Waals surface area contributed by atoms with Crippen LogP contribution in [0.25, 0.3) is 0 Å². The molecule has 1 aromatic rings. The first-order valence-electron chi connectivity index (χ1n) is 7.30. The predicted molar refractivity (Wildman–Crippen MR) is 80.5 cm³/mol. The fourth-order valence-electron chi connectivity index (χ4n) is 3.11. The number of likely N-dealkylation sites (tertiary alicyclic amines) is 1. The van der Waals surface area contributed by atoms with Crippen LogP contribution in [0.15, 0.2) is 24.5 Å². The van der Waals surface area contributed by atoms with Gasteiger partial charge in [0.1, 0.15) is 0 Å². The van der Waals surface area contributed by atoms with Gasteiger partial charge in [0.25, 0.3) is 0 Å². The molecule has 1 atom stereocenters. The summed E-state index contributed by atoms with van der Waals surface area (Å²) in [4.78, 5) is 17.7. The van der Waals surface area contributed by atoms with Crippen LogP contribution in [0, 0.1) is 0 Å². The van der Waals surface area contributed by atoms with Gasteiger partial charge in [0.05, 0.1) is 0 Å². The van der Waals surface area contributed by atoms with E-state index in [-0.39, 0.29) is 11.4 Å². The smallest absolute Gasteiger partial charge is 0.217 e. The summed E-state index contributed by atoms with van der Waals surface area (Å²) in [5.41, 5.74) is 1.23. The highest BCUT2D eigenvalue weighted by Crippen LogP contribution is 2.30. The van der Waals surface area contributed by atoms with Crippen molar-refractivity contribution in [3.63, 3.8) is 0 Å². The molecule has 1 aromatic heterocycles. The minimum Gasteiger partial charge on any atom is -0.351 e. The van der Waals surface area contributed by atoms with E-state index in [1.807, 2.05) is 12.4 Å². The minimum atomic E-state index is -0.146. The molecule has 1 N–H and O–H groups in total. The van der Waals surface area contributed by atoms with E-state index in [1.54, 1.807) is 6.92 Å². The topological polar surface area (TPSA) is 45.2 Å². The number of pyridine rings is 1. The molecule has 1 fully saturated rings. The van der Waals surface area contributed by atoms with Crippen LogP contribution >= 0.6 is 0 Å². The molecule has 1 unspecified atom stereocenters. The third kappa shape index (κ3) is 3.79. The van der Waals surface area contributed by atoms with Gasteiger partial charge in [-0.2, -0.15) is 0 Å². The summed E-state index contributed by atoms with van der Waals surface area (Å²) < 4.78 is 0. The second-order valence-electron chi connectivity index (χ2n) is 6.55. The highest BCUT2D eigenvalue weighted by Gasteiger charge is 2.33. The Morgan fingerprint density at radius 1 is 1.45 bits per heavy atom.